The van der Waals surface area contributed by atoms with E-state index in [4.69, 9.17) is 10.6 Å². The van der Waals surface area contributed by atoms with Crippen LogP contribution in [0.5, 0.6) is 0 Å². The van der Waals surface area contributed by atoms with Crippen molar-refractivity contribution in [2.45, 2.75) is 24.8 Å². The molecule has 7 nitrogen and oxygen atoms in total. The van der Waals surface area contributed by atoms with E-state index in [0.717, 1.165) is 0 Å². The van der Waals surface area contributed by atoms with Crippen molar-refractivity contribution < 1.29 is 14.7 Å². The lowest BCUT2D eigenvalue weighted by atomic mass is 10.1. The summed E-state index contributed by atoms with van der Waals surface area (Å²) in [6, 6.07) is 0. The Balaban J connectivity index is 2.05. The summed E-state index contributed by atoms with van der Waals surface area (Å²) in [6.07, 6.45) is 1.35. The van der Waals surface area contributed by atoms with E-state index in [0.29, 0.717) is 19.4 Å². The molecule has 16 heavy (non-hydrogen) atoms. The summed E-state index contributed by atoms with van der Waals surface area (Å²) >= 11 is 0. The van der Waals surface area contributed by atoms with E-state index >= 15 is 0 Å². The van der Waals surface area contributed by atoms with E-state index in [1.165, 1.54) is 4.90 Å². The monoisotopic (exact) mass is 224 g/mol. The van der Waals surface area contributed by atoms with Gasteiger partial charge in [0.15, 0.2) is 0 Å². The van der Waals surface area contributed by atoms with Gasteiger partial charge in [-0.05, 0) is 24.3 Å². The van der Waals surface area contributed by atoms with Crippen LogP contribution in [-0.4, -0.2) is 40.5 Å². The van der Waals surface area contributed by atoms with Crippen LogP contribution in [0.4, 0.5) is 0 Å². The molecule has 0 spiro atoms. The number of aliphatic carboxylic acids is 1. The molecule has 7 heteroatoms. The second-order valence-electron chi connectivity index (χ2n) is 4.32. The van der Waals surface area contributed by atoms with Crippen LogP contribution in [0.15, 0.2) is 5.11 Å². The average molecular weight is 224 g/mol. The van der Waals surface area contributed by atoms with Crippen molar-refractivity contribution in [1.29, 1.82) is 0 Å². The Morgan fingerprint density at radius 1 is 1.69 bits per heavy atom. The molecular weight excluding hydrogens is 212 g/mol. The van der Waals surface area contributed by atoms with E-state index < -0.39 is 11.5 Å². The maximum absolute atomic E-state index is 11.7. The zero-order valence-electron chi connectivity index (χ0n) is 8.67. The number of likely N-dealkylation sites (tertiary alicyclic amines) is 1. The molecule has 0 aromatic rings. The zero-order valence-corrected chi connectivity index (χ0v) is 8.67. The quantitative estimate of drug-likeness (QED) is 0.432. The molecule has 86 valence electrons. The third-order valence-electron chi connectivity index (χ3n) is 3.25. The van der Waals surface area contributed by atoms with Crippen molar-refractivity contribution in [1.82, 2.24) is 4.90 Å². The molecule has 1 aliphatic heterocycles. The number of azide groups is 1. The Morgan fingerprint density at radius 2 is 2.38 bits per heavy atom. The Morgan fingerprint density at radius 3 is 2.88 bits per heavy atom. The summed E-state index contributed by atoms with van der Waals surface area (Å²) in [5.41, 5.74) is 7.23. The SMILES string of the molecule is [N-]=[N+]=NCC1CC(=O)N(C2(C(=O)O)CC2)C1. The largest absolute Gasteiger partial charge is 0.479 e. The fraction of sp³-hybridized carbons (Fsp3) is 0.778. The van der Waals surface area contributed by atoms with Gasteiger partial charge in [0.1, 0.15) is 5.54 Å². The van der Waals surface area contributed by atoms with E-state index in [9.17, 15) is 9.59 Å². The van der Waals surface area contributed by atoms with Crippen LogP contribution in [0, 0.1) is 5.92 Å². The fourth-order valence-electron chi connectivity index (χ4n) is 2.19. The van der Waals surface area contributed by atoms with Crippen molar-refractivity contribution >= 4 is 11.9 Å². The lowest BCUT2D eigenvalue weighted by Gasteiger charge is -2.24. The van der Waals surface area contributed by atoms with Gasteiger partial charge in [0.2, 0.25) is 5.91 Å². The molecule has 1 amide bonds. The number of rotatable bonds is 4. The molecule has 2 aliphatic rings. The van der Waals surface area contributed by atoms with Gasteiger partial charge < -0.3 is 10.0 Å². The third kappa shape index (κ3) is 1.59. The standard InChI is InChI=1S/C9H12N4O3/c10-12-11-4-6-3-7(14)13(5-6)9(1-2-9)8(15)16/h6H,1-5H2,(H,15,16). The molecule has 0 bridgehead atoms. The summed E-state index contributed by atoms with van der Waals surface area (Å²) in [5.74, 6) is -1.11. The predicted molar refractivity (Wildman–Crippen MR) is 53.4 cm³/mol. The Bertz CT molecular complexity index is 384. The van der Waals surface area contributed by atoms with E-state index in [-0.39, 0.29) is 24.8 Å². The summed E-state index contributed by atoms with van der Waals surface area (Å²) in [7, 11) is 0. The number of carboxylic acids is 1. The molecule has 2 fully saturated rings. The third-order valence-corrected chi connectivity index (χ3v) is 3.25. The van der Waals surface area contributed by atoms with Gasteiger partial charge >= 0.3 is 5.97 Å². The average Bonchev–Trinajstić information content (AvgIpc) is 2.96. The first kappa shape index (κ1) is 10.8. The number of carboxylic acid groups (broad SMARTS) is 1. The highest BCUT2D eigenvalue weighted by atomic mass is 16.4. The molecule has 0 aromatic carbocycles. The van der Waals surface area contributed by atoms with Crippen molar-refractivity contribution in [3.63, 3.8) is 0 Å². The van der Waals surface area contributed by atoms with E-state index in [1.54, 1.807) is 0 Å². The number of amides is 1. The Labute approximate surface area is 91.7 Å². The minimum atomic E-state index is -0.956. The molecule has 0 aromatic heterocycles. The molecule has 1 atom stereocenters. The summed E-state index contributed by atoms with van der Waals surface area (Å²) < 4.78 is 0. The molecule has 1 heterocycles. The number of hydrogen-bond donors (Lipinski definition) is 1. The van der Waals surface area contributed by atoms with Gasteiger partial charge in [-0.2, -0.15) is 0 Å². The Kier molecular flexibility index (Phi) is 2.47. The van der Waals surface area contributed by atoms with E-state index in [1.807, 2.05) is 0 Å². The maximum Gasteiger partial charge on any atom is 0.329 e. The molecule has 0 radical (unpaired) electrons. The van der Waals surface area contributed by atoms with Crippen LogP contribution in [0.25, 0.3) is 10.4 Å². The van der Waals surface area contributed by atoms with Crippen LogP contribution in [-0.2, 0) is 9.59 Å². The van der Waals surface area contributed by atoms with Crippen molar-refractivity contribution in [2.75, 3.05) is 13.1 Å². The first-order valence-electron chi connectivity index (χ1n) is 5.15. The molecule has 2 rings (SSSR count). The molecule has 1 aliphatic carbocycles. The normalized spacial score (nSPS) is 26.4. The van der Waals surface area contributed by atoms with Crippen LogP contribution >= 0.6 is 0 Å². The minimum Gasteiger partial charge on any atom is -0.479 e. The molecular formula is C9H12N4O3. The van der Waals surface area contributed by atoms with Crippen LogP contribution in [0.1, 0.15) is 19.3 Å². The van der Waals surface area contributed by atoms with Gasteiger partial charge in [0.25, 0.3) is 0 Å². The summed E-state index contributed by atoms with van der Waals surface area (Å²) in [4.78, 5) is 26.8. The van der Waals surface area contributed by atoms with Gasteiger partial charge in [-0.25, -0.2) is 4.79 Å². The van der Waals surface area contributed by atoms with Gasteiger partial charge in [-0.15, -0.1) is 0 Å². The van der Waals surface area contributed by atoms with Gasteiger partial charge in [0.05, 0.1) is 0 Å². The first-order valence-corrected chi connectivity index (χ1v) is 5.15. The lowest BCUT2D eigenvalue weighted by molar-refractivity contribution is -0.150. The van der Waals surface area contributed by atoms with Gasteiger partial charge in [-0.3, -0.25) is 4.79 Å². The maximum atomic E-state index is 11.7. The summed E-state index contributed by atoms with van der Waals surface area (Å²) in [5, 5.41) is 12.5. The van der Waals surface area contributed by atoms with Gasteiger partial charge in [0, 0.05) is 24.4 Å². The second-order valence-corrected chi connectivity index (χ2v) is 4.32. The smallest absolute Gasteiger partial charge is 0.329 e. The van der Waals surface area contributed by atoms with Crippen LogP contribution in [0.2, 0.25) is 0 Å². The Hall–Kier alpha value is -1.75. The van der Waals surface area contributed by atoms with E-state index in [2.05, 4.69) is 10.0 Å². The van der Waals surface area contributed by atoms with Crippen LogP contribution < -0.4 is 0 Å². The van der Waals surface area contributed by atoms with Crippen LogP contribution in [0.3, 0.4) is 0 Å². The van der Waals surface area contributed by atoms with Gasteiger partial charge in [-0.1, -0.05) is 5.11 Å². The topological polar surface area (TPSA) is 106 Å². The highest BCUT2D eigenvalue weighted by Gasteiger charge is 2.58. The first-order chi connectivity index (χ1) is 7.60. The fourth-order valence-corrected chi connectivity index (χ4v) is 2.19. The highest BCUT2D eigenvalue weighted by molar-refractivity contribution is 5.90. The predicted octanol–water partition coefficient (Wildman–Crippen LogP) is 0.762. The number of carbonyl (C=O) groups is 2. The molecule has 1 N–H and O–H groups in total. The molecule has 1 saturated heterocycles. The lowest BCUT2D eigenvalue weighted by Crippen LogP contribution is -2.44. The van der Waals surface area contributed by atoms with Crippen molar-refractivity contribution in [3.05, 3.63) is 10.4 Å². The van der Waals surface area contributed by atoms with Crippen molar-refractivity contribution in [2.24, 2.45) is 11.0 Å². The second kappa shape index (κ2) is 3.68. The molecule has 1 unspecified atom stereocenters. The zero-order chi connectivity index (χ0) is 11.8. The summed E-state index contributed by atoms with van der Waals surface area (Å²) in [6.45, 7) is 0.651. The molecule has 1 saturated carbocycles. The highest BCUT2D eigenvalue weighted by Crippen LogP contribution is 2.44. The minimum absolute atomic E-state index is 0.0415. The number of hydrogen-bond acceptors (Lipinski definition) is 3. The number of carbonyl (C=O) groups excluding carboxylic acids is 1. The number of nitrogens with zero attached hydrogens (tertiary/aromatic N) is 4. The van der Waals surface area contributed by atoms with Crippen molar-refractivity contribution in [3.8, 4) is 0 Å².